The van der Waals surface area contributed by atoms with Gasteiger partial charge in [-0.05, 0) is 6.92 Å². The van der Waals surface area contributed by atoms with E-state index in [4.69, 9.17) is 19.3 Å². The van der Waals surface area contributed by atoms with Gasteiger partial charge in [-0.1, -0.05) is 0 Å². The first-order chi connectivity index (χ1) is 11.2. The molecule has 24 heavy (non-hydrogen) atoms. The van der Waals surface area contributed by atoms with Crippen molar-refractivity contribution in [2.45, 2.75) is 67.0 Å². The van der Waals surface area contributed by atoms with Crippen LogP contribution in [0.4, 0.5) is 0 Å². The lowest BCUT2D eigenvalue weighted by atomic mass is 9.95. The molecule has 2 rings (SSSR count). The van der Waals surface area contributed by atoms with Crippen molar-refractivity contribution in [3.8, 4) is 0 Å². The maximum Gasteiger partial charge on any atom is 0.197 e. The summed E-state index contributed by atoms with van der Waals surface area (Å²) in [5, 5.41) is 67.3. The van der Waals surface area contributed by atoms with Crippen LogP contribution < -0.4 is 0 Å². The molecule has 142 valence electrons. The van der Waals surface area contributed by atoms with Crippen LogP contribution in [0.25, 0.3) is 0 Å². The minimum atomic E-state index is -1.90. The Labute approximate surface area is 143 Å². The molecular weight excluding hydrogens is 348 g/mol. The van der Waals surface area contributed by atoms with Gasteiger partial charge in [0.15, 0.2) is 12.1 Å². The molecule has 0 aliphatic carbocycles. The number of aliphatic hydroxyl groups excluding tert-OH is 7. The fraction of sp³-hybridized carbons (Fsp3) is 1.00. The van der Waals surface area contributed by atoms with Gasteiger partial charge in [0.05, 0.1) is 30.7 Å². The molecule has 0 bridgehead atoms. The first-order valence-electron chi connectivity index (χ1n) is 7.47. The zero-order chi connectivity index (χ0) is 18.2. The minimum Gasteiger partial charge on any atom is -0.394 e. The lowest BCUT2D eigenvalue weighted by Crippen LogP contribution is -2.67. The molecule has 0 aromatic rings. The Kier molecular flexibility index (Phi) is 6.48. The second-order valence-corrected chi connectivity index (χ2v) is 6.69. The molecule has 7 N–H and O–H groups in total. The molecular formula is C13H24O10S. The highest BCUT2D eigenvalue weighted by atomic mass is 32.1. The Morgan fingerprint density at radius 2 is 1.50 bits per heavy atom. The van der Waals surface area contributed by atoms with Crippen molar-refractivity contribution in [2.75, 3.05) is 13.2 Å². The highest BCUT2D eigenvalue weighted by molar-refractivity contribution is 7.81. The van der Waals surface area contributed by atoms with Crippen LogP contribution in [-0.4, -0.2) is 109 Å². The first-order valence-corrected chi connectivity index (χ1v) is 7.99. The average molecular weight is 372 g/mol. The number of thiol groups is 1. The van der Waals surface area contributed by atoms with E-state index in [-0.39, 0.29) is 0 Å². The Morgan fingerprint density at radius 1 is 0.917 bits per heavy atom. The van der Waals surface area contributed by atoms with E-state index in [1.54, 1.807) is 0 Å². The summed E-state index contributed by atoms with van der Waals surface area (Å²) < 4.78 is 16.0. The molecule has 11 heteroatoms. The van der Waals surface area contributed by atoms with E-state index in [0.717, 1.165) is 0 Å². The molecule has 2 heterocycles. The predicted molar refractivity (Wildman–Crippen MR) is 80.0 cm³/mol. The Morgan fingerprint density at radius 3 is 2.04 bits per heavy atom. The highest BCUT2D eigenvalue weighted by Gasteiger charge is 2.54. The van der Waals surface area contributed by atoms with Crippen LogP contribution in [0.3, 0.4) is 0 Å². The van der Waals surface area contributed by atoms with Gasteiger partial charge in [-0.15, -0.1) is 0 Å². The van der Waals surface area contributed by atoms with Gasteiger partial charge in [0, 0.05) is 0 Å². The van der Waals surface area contributed by atoms with Gasteiger partial charge in [-0.3, -0.25) is 0 Å². The molecule has 0 amide bonds. The molecule has 2 aliphatic rings. The van der Waals surface area contributed by atoms with Gasteiger partial charge < -0.3 is 50.0 Å². The van der Waals surface area contributed by atoms with Crippen LogP contribution in [0.2, 0.25) is 0 Å². The molecule has 0 aromatic heterocycles. The average Bonchev–Trinajstić information content (AvgIpc) is 2.57. The van der Waals surface area contributed by atoms with Crippen molar-refractivity contribution in [3.63, 3.8) is 0 Å². The van der Waals surface area contributed by atoms with E-state index in [1.165, 1.54) is 6.92 Å². The number of rotatable bonds is 4. The molecule has 2 saturated heterocycles. The smallest absolute Gasteiger partial charge is 0.197 e. The monoisotopic (exact) mass is 372 g/mol. The van der Waals surface area contributed by atoms with Gasteiger partial charge in [0.2, 0.25) is 0 Å². The fourth-order valence-electron chi connectivity index (χ4n) is 2.79. The SMILES string of the molecule is C[C@]1(O[C@H]2O[C@H](CO)[C@@H](O)[C@H](O)[C@H]2O)O[C@H](CO)[C@@H](S)[C@H](O)[C@H]1O. The summed E-state index contributed by atoms with van der Waals surface area (Å²) >= 11 is 4.07. The second kappa shape index (κ2) is 7.68. The van der Waals surface area contributed by atoms with E-state index >= 15 is 0 Å². The first kappa shape index (κ1) is 20.3. The normalized spacial score (nSPS) is 53.1. The lowest BCUT2D eigenvalue weighted by molar-refractivity contribution is -0.406. The molecule has 0 aromatic carbocycles. The number of aliphatic hydroxyl groups is 7. The van der Waals surface area contributed by atoms with Crippen LogP contribution >= 0.6 is 12.6 Å². The fourth-order valence-corrected chi connectivity index (χ4v) is 3.11. The third-order valence-corrected chi connectivity index (χ3v) is 4.99. The zero-order valence-corrected chi connectivity index (χ0v) is 13.8. The zero-order valence-electron chi connectivity index (χ0n) is 12.9. The maximum absolute atomic E-state index is 10.2. The van der Waals surface area contributed by atoms with E-state index in [0.29, 0.717) is 0 Å². The molecule has 10 nitrogen and oxygen atoms in total. The molecule has 0 unspecified atom stereocenters. The molecule has 0 radical (unpaired) electrons. The van der Waals surface area contributed by atoms with Gasteiger partial charge >= 0.3 is 0 Å². The standard InChI is InChI=1S/C13H24O10S/c1-13(11(20)9(19)10(24)5(3-15)22-13)23-12-8(18)7(17)6(16)4(2-14)21-12/h4-12,14-20,24H,2-3H2,1H3/t4-,5-,6-,7+,8-,9+,10-,11-,12-,13-/m1/s1. The van der Waals surface area contributed by atoms with Crippen molar-refractivity contribution >= 4 is 12.6 Å². The van der Waals surface area contributed by atoms with Gasteiger partial charge in [-0.25, -0.2) is 0 Å². The van der Waals surface area contributed by atoms with E-state index in [2.05, 4.69) is 12.6 Å². The number of hydrogen-bond acceptors (Lipinski definition) is 11. The third kappa shape index (κ3) is 3.57. The van der Waals surface area contributed by atoms with Crippen LogP contribution in [0.5, 0.6) is 0 Å². The number of hydrogen-bond donors (Lipinski definition) is 8. The molecule has 2 aliphatic heterocycles. The second-order valence-electron chi connectivity index (χ2n) is 6.10. The third-order valence-electron chi connectivity index (χ3n) is 4.36. The summed E-state index contributed by atoms with van der Waals surface area (Å²) in [7, 11) is 0. The van der Waals surface area contributed by atoms with Crippen LogP contribution in [0.1, 0.15) is 6.92 Å². The lowest BCUT2D eigenvalue weighted by Gasteiger charge is -2.49. The Balaban J connectivity index is 2.18. The molecule has 0 spiro atoms. The van der Waals surface area contributed by atoms with E-state index in [1.807, 2.05) is 0 Å². The van der Waals surface area contributed by atoms with Crippen LogP contribution in [0, 0.1) is 0 Å². The molecule has 10 atom stereocenters. The summed E-state index contributed by atoms with van der Waals surface area (Å²) in [6, 6.07) is 0. The summed E-state index contributed by atoms with van der Waals surface area (Å²) in [5.41, 5.74) is 0. The summed E-state index contributed by atoms with van der Waals surface area (Å²) in [6.07, 6.45) is -11.7. The highest BCUT2D eigenvalue weighted by Crippen LogP contribution is 2.36. The van der Waals surface area contributed by atoms with Gasteiger partial charge in [-0.2, -0.15) is 12.6 Å². The molecule has 0 saturated carbocycles. The maximum atomic E-state index is 10.2. The van der Waals surface area contributed by atoms with Crippen molar-refractivity contribution < 1.29 is 50.0 Å². The van der Waals surface area contributed by atoms with Crippen molar-refractivity contribution in [1.82, 2.24) is 0 Å². The number of ether oxygens (including phenoxy) is 3. The van der Waals surface area contributed by atoms with Crippen LogP contribution in [0.15, 0.2) is 0 Å². The quantitative estimate of drug-likeness (QED) is 0.227. The summed E-state index contributed by atoms with van der Waals surface area (Å²) in [4.78, 5) is 0. The van der Waals surface area contributed by atoms with Gasteiger partial charge in [0.25, 0.3) is 0 Å². The van der Waals surface area contributed by atoms with E-state index in [9.17, 15) is 30.6 Å². The van der Waals surface area contributed by atoms with Crippen LogP contribution in [-0.2, 0) is 14.2 Å². The minimum absolute atomic E-state index is 0.508. The summed E-state index contributed by atoms with van der Waals surface area (Å²) in [5.74, 6) is -1.90. The Hall–Kier alpha value is -0.0500. The summed E-state index contributed by atoms with van der Waals surface area (Å²) in [6.45, 7) is 0.0990. The molecule has 2 fully saturated rings. The largest absolute Gasteiger partial charge is 0.394 e. The van der Waals surface area contributed by atoms with Gasteiger partial charge in [0.1, 0.15) is 30.5 Å². The van der Waals surface area contributed by atoms with Crippen molar-refractivity contribution in [1.29, 1.82) is 0 Å². The van der Waals surface area contributed by atoms with Crippen molar-refractivity contribution in [3.05, 3.63) is 0 Å². The Bertz CT molecular complexity index is 424. The predicted octanol–water partition coefficient (Wildman–Crippen LogP) is -4.07. The topological polar surface area (TPSA) is 169 Å². The van der Waals surface area contributed by atoms with E-state index < -0.39 is 73.3 Å². The van der Waals surface area contributed by atoms with Crippen molar-refractivity contribution in [2.24, 2.45) is 0 Å².